The van der Waals surface area contributed by atoms with Crippen LogP contribution in [-0.4, -0.2) is 16.7 Å². The smallest absolute Gasteiger partial charge is 0.0499 e. The molecule has 0 unspecified atom stereocenters. The monoisotopic (exact) mass is 250 g/mol. The lowest BCUT2D eigenvalue weighted by molar-refractivity contribution is 0.414. The molecular formula is C14H19ClN2. The molecule has 0 amide bonds. The van der Waals surface area contributed by atoms with Crippen molar-refractivity contribution in [1.82, 2.24) is 9.88 Å². The fourth-order valence-electron chi connectivity index (χ4n) is 1.93. The van der Waals surface area contributed by atoms with Crippen LogP contribution in [0.1, 0.15) is 20.8 Å². The van der Waals surface area contributed by atoms with Crippen LogP contribution >= 0.6 is 11.6 Å². The first kappa shape index (κ1) is 12.5. The van der Waals surface area contributed by atoms with Crippen molar-refractivity contribution in [2.24, 2.45) is 0 Å². The van der Waals surface area contributed by atoms with Crippen LogP contribution < -0.4 is 5.32 Å². The van der Waals surface area contributed by atoms with Crippen molar-refractivity contribution < 1.29 is 0 Å². The summed E-state index contributed by atoms with van der Waals surface area (Å²) in [5.41, 5.74) is 1.37. The highest BCUT2D eigenvalue weighted by Crippen LogP contribution is 2.23. The average Bonchev–Trinajstić information content (AvgIpc) is 2.61. The van der Waals surface area contributed by atoms with Crippen molar-refractivity contribution in [1.29, 1.82) is 0 Å². The maximum atomic E-state index is 6.15. The van der Waals surface area contributed by atoms with Gasteiger partial charge in [-0.25, -0.2) is 0 Å². The Morgan fingerprint density at radius 2 is 2.00 bits per heavy atom. The Hall–Kier alpha value is -0.990. The maximum absolute atomic E-state index is 6.15. The van der Waals surface area contributed by atoms with Crippen LogP contribution in [0.3, 0.4) is 0 Å². The molecule has 17 heavy (non-hydrogen) atoms. The summed E-state index contributed by atoms with van der Waals surface area (Å²) < 4.78 is 2.24. The molecule has 2 nitrogen and oxygen atoms in total. The predicted molar refractivity (Wildman–Crippen MR) is 74.7 cm³/mol. The molecule has 1 aromatic heterocycles. The van der Waals surface area contributed by atoms with Crippen LogP contribution in [0.25, 0.3) is 10.9 Å². The Morgan fingerprint density at radius 3 is 2.71 bits per heavy atom. The van der Waals surface area contributed by atoms with Crippen molar-refractivity contribution in [3.8, 4) is 0 Å². The second kappa shape index (κ2) is 4.71. The third kappa shape index (κ3) is 3.02. The molecule has 0 radical (unpaired) electrons. The number of benzene rings is 1. The molecule has 0 aliphatic rings. The quantitative estimate of drug-likeness (QED) is 0.879. The first-order valence-corrected chi connectivity index (χ1v) is 6.33. The van der Waals surface area contributed by atoms with Gasteiger partial charge in [0.15, 0.2) is 0 Å². The zero-order valence-electron chi connectivity index (χ0n) is 10.6. The Bertz CT molecular complexity index is 508. The molecule has 92 valence electrons. The largest absolute Gasteiger partial charge is 0.346 e. The van der Waals surface area contributed by atoms with Crippen molar-refractivity contribution in [2.75, 3.05) is 6.54 Å². The Labute approximate surface area is 108 Å². The van der Waals surface area contributed by atoms with Crippen molar-refractivity contribution in [2.45, 2.75) is 32.9 Å². The fourth-order valence-corrected chi connectivity index (χ4v) is 2.16. The summed E-state index contributed by atoms with van der Waals surface area (Å²) in [5, 5.41) is 5.44. The zero-order valence-corrected chi connectivity index (χ0v) is 11.4. The number of hydrogen-bond donors (Lipinski definition) is 1. The number of rotatable bonds is 3. The SMILES string of the molecule is CC(C)(C)NCCn1ccc2c(Cl)cccc21. The van der Waals surface area contributed by atoms with Gasteiger partial charge in [0.25, 0.3) is 0 Å². The molecule has 1 heterocycles. The van der Waals surface area contributed by atoms with Crippen molar-refractivity contribution in [3.63, 3.8) is 0 Å². The second-order valence-corrected chi connectivity index (χ2v) is 5.77. The molecule has 2 rings (SSSR count). The van der Waals surface area contributed by atoms with Gasteiger partial charge in [-0.1, -0.05) is 17.7 Å². The molecular weight excluding hydrogens is 232 g/mol. The second-order valence-electron chi connectivity index (χ2n) is 5.36. The van der Waals surface area contributed by atoms with Gasteiger partial charge in [-0.15, -0.1) is 0 Å². The first-order valence-electron chi connectivity index (χ1n) is 5.96. The van der Waals surface area contributed by atoms with E-state index in [-0.39, 0.29) is 5.54 Å². The van der Waals surface area contributed by atoms with Gasteiger partial charge in [-0.05, 0) is 39.0 Å². The molecule has 2 aromatic rings. The Kier molecular flexibility index (Phi) is 3.45. The van der Waals surface area contributed by atoms with Gasteiger partial charge in [-0.3, -0.25) is 0 Å². The summed E-state index contributed by atoms with van der Waals surface area (Å²) in [6.07, 6.45) is 2.10. The van der Waals surface area contributed by atoms with Gasteiger partial charge in [0, 0.05) is 40.8 Å². The molecule has 0 spiro atoms. The number of halogens is 1. The molecule has 0 saturated carbocycles. The van der Waals surface area contributed by atoms with Crippen LogP contribution in [0, 0.1) is 0 Å². The minimum atomic E-state index is 0.167. The van der Waals surface area contributed by atoms with E-state index < -0.39 is 0 Å². The van der Waals surface area contributed by atoms with E-state index in [1.807, 2.05) is 12.1 Å². The summed E-state index contributed by atoms with van der Waals surface area (Å²) in [6.45, 7) is 8.45. The molecule has 0 atom stereocenters. The molecule has 0 aliphatic carbocycles. The number of fused-ring (bicyclic) bond motifs is 1. The minimum absolute atomic E-state index is 0.167. The molecule has 1 aromatic carbocycles. The van der Waals surface area contributed by atoms with E-state index in [4.69, 9.17) is 11.6 Å². The maximum Gasteiger partial charge on any atom is 0.0499 e. The van der Waals surface area contributed by atoms with Gasteiger partial charge in [-0.2, -0.15) is 0 Å². The minimum Gasteiger partial charge on any atom is -0.346 e. The highest BCUT2D eigenvalue weighted by Gasteiger charge is 2.08. The highest BCUT2D eigenvalue weighted by molar-refractivity contribution is 6.35. The van der Waals surface area contributed by atoms with E-state index in [2.05, 4.69) is 49.0 Å². The number of aromatic nitrogens is 1. The highest BCUT2D eigenvalue weighted by atomic mass is 35.5. The lowest BCUT2D eigenvalue weighted by atomic mass is 10.1. The zero-order chi connectivity index (χ0) is 12.5. The van der Waals surface area contributed by atoms with Gasteiger partial charge < -0.3 is 9.88 Å². The van der Waals surface area contributed by atoms with Gasteiger partial charge in [0.2, 0.25) is 0 Å². The normalized spacial score (nSPS) is 12.2. The fraction of sp³-hybridized carbons (Fsp3) is 0.429. The lowest BCUT2D eigenvalue weighted by Crippen LogP contribution is -2.37. The summed E-state index contributed by atoms with van der Waals surface area (Å²) >= 11 is 6.15. The van der Waals surface area contributed by atoms with E-state index in [1.54, 1.807) is 0 Å². The summed E-state index contributed by atoms with van der Waals surface area (Å²) in [7, 11) is 0. The van der Waals surface area contributed by atoms with E-state index in [0.717, 1.165) is 23.5 Å². The van der Waals surface area contributed by atoms with E-state index >= 15 is 0 Å². The lowest BCUT2D eigenvalue weighted by Gasteiger charge is -2.20. The van der Waals surface area contributed by atoms with Crippen LogP contribution in [0.15, 0.2) is 30.5 Å². The topological polar surface area (TPSA) is 17.0 Å². The summed E-state index contributed by atoms with van der Waals surface area (Å²) in [6, 6.07) is 8.12. The number of nitrogens with one attached hydrogen (secondary N) is 1. The van der Waals surface area contributed by atoms with E-state index in [0.29, 0.717) is 0 Å². The first-order chi connectivity index (χ1) is 7.97. The van der Waals surface area contributed by atoms with Crippen LogP contribution in [0.4, 0.5) is 0 Å². The number of hydrogen-bond acceptors (Lipinski definition) is 1. The molecule has 0 bridgehead atoms. The predicted octanol–water partition coefficient (Wildman–Crippen LogP) is 3.68. The Balaban J connectivity index is 2.12. The standard InChI is InChI=1S/C14H19ClN2/c1-14(2,3)16-8-10-17-9-7-11-12(15)5-4-6-13(11)17/h4-7,9,16H,8,10H2,1-3H3. The van der Waals surface area contributed by atoms with Crippen LogP contribution in [-0.2, 0) is 6.54 Å². The summed E-state index contributed by atoms with van der Waals surface area (Å²) in [4.78, 5) is 0. The molecule has 0 aliphatic heterocycles. The molecule has 1 N–H and O–H groups in total. The van der Waals surface area contributed by atoms with Gasteiger partial charge in [0.1, 0.15) is 0 Å². The Morgan fingerprint density at radius 1 is 1.24 bits per heavy atom. The third-order valence-electron chi connectivity index (χ3n) is 2.77. The van der Waals surface area contributed by atoms with Gasteiger partial charge >= 0.3 is 0 Å². The molecule has 0 fully saturated rings. The van der Waals surface area contributed by atoms with Crippen molar-refractivity contribution >= 4 is 22.5 Å². The van der Waals surface area contributed by atoms with Gasteiger partial charge in [0.05, 0.1) is 0 Å². The number of nitrogens with zero attached hydrogens (tertiary/aromatic N) is 1. The van der Waals surface area contributed by atoms with E-state index in [9.17, 15) is 0 Å². The van der Waals surface area contributed by atoms with E-state index in [1.165, 1.54) is 5.52 Å². The molecule has 0 saturated heterocycles. The van der Waals surface area contributed by atoms with Crippen molar-refractivity contribution in [3.05, 3.63) is 35.5 Å². The van der Waals surface area contributed by atoms with Crippen LogP contribution in [0.5, 0.6) is 0 Å². The molecule has 3 heteroatoms. The third-order valence-corrected chi connectivity index (χ3v) is 3.10. The van der Waals surface area contributed by atoms with Crippen LogP contribution in [0.2, 0.25) is 5.02 Å². The summed E-state index contributed by atoms with van der Waals surface area (Å²) in [5.74, 6) is 0. The average molecular weight is 251 g/mol.